The van der Waals surface area contributed by atoms with E-state index in [-0.39, 0.29) is 23.0 Å². The van der Waals surface area contributed by atoms with Crippen LogP contribution in [0.25, 0.3) is 0 Å². The van der Waals surface area contributed by atoms with Crippen LogP contribution in [0.2, 0.25) is 0 Å². The maximum Gasteiger partial charge on any atom is 0.292 e. The number of nitrogens with two attached hydrogens (primary N) is 1. The SMILES string of the molecule is CC(NC(=O)c1cccc([N+](=O)[O-])c1N)c1cn[nH]c1. The van der Waals surface area contributed by atoms with E-state index >= 15 is 0 Å². The zero-order valence-electron chi connectivity index (χ0n) is 10.7. The highest BCUT2D eigenvalue weighted by Gasteiger charge is 2.20. The molecule has 8 heteroatoms. The predicted octanol–water partition coefficient (Wildman–Crippen LogP) is 1.39. The monoisotopic (exact) mass is 275 g/mol. The van der Waals surface area contributed by atoms with E-state index in [1.807, 2.05) is 0 Å². The summed E-state index contributed by atoms with van der Waals surface area (Å²) in [5.74, 6) is -0.472. The molecule has 2 aromatic rings. The largest absolute Gasteiger partial charge is 0.393 e. The molecule has 20 heavy (non-hydrogen) atoms. The first-order chi connectivity index (χ1) is 9.50. The Bertz CT molecular complexity index is 639. The van der Waals surface area contributed by atoms with Crippen molar-refractivity contribution < 1.29 is 9.72 Å². The van der Waals surface area contributed by atoms with Gasteiger partial charge in [-0.15, -0.1) is 0 Å². The third-order valence-electron chi connectivity index (χ3n) is 2.89. The van der Waals surface area contributed by atoms with Gasteiger partial charge in [0.15, 0.2) is 0 Å². The van der Waals surface area contributed by atoms with Crippen LogP contribution >= 0.6 is 0 Å². The van der Waals surface area contributed by atoms with Crippen molar-refractivity contribution in [2.45, 2.75) is 13.0 Å². The second-order valence-corrected chi connectivity index (χ2v) is 4.22. The number of nitro groups is 1. The highest BCUT2D eigenvalue weighted by molar-refractivity contribution is 6.01. The number of rotatable bonds is 4. The molecule has 0 radical (unpaired) electrons. The molecule has 0 fully saturated rings. The Morgan fingerprint density at radius 2 is 2.30 bits per heavy atom. The van der Waals surface area contributed by atoms with Crippen molar-refractivity contribution in [2.24, 2.45) is 0 Å². The normalized spacial score (nSPS) is 11.8. The van der Waals surface area contributed by atoms with Gasteiger partial charge < -0.3 is 11.1 Å². The van der Waals surface area contributed by atoms with E-state index in [1.165, 1.54) is 18.2 Å². The highest BCUT2D eigenvalue weighted by atomic mass is 16.6. The fraction of sp³-hybridized carbons (Fsp3) is 0.167. The molecule has 0 bridgehead atoms. The minimum atomic E-state index is -0.619. The van der Waals surface area contributed by atoms with Gasteiger partial charge in [-0.2, -0.15) is 5.10 Å². The van der Waals surface area contributed by atoms with Crippen LogP contribution in [0.5, 0.6) is 0 Å². The molecule has 1 atom stereocenters. The third kappa shape index (κ3) is 2.58. The number of nitrogens with zero attached hydrogens (tertiary/aromatic N) is 2. The van der Waals surface area contributed by atoms with Crippen LogP contribution in [0.1, 0.15) is 28.9 Å². The summed E-state index contributed by atoms with van der Waals surface area (Å²) in [5, 5.41) is 19.9. The zero-order valence-corrected chi connectivity index (χ0v) is 10.7. The lowest BCUT2D eigenvalue weighted by Crippen LogP contribution is -2.27. The predicted molar refractivity (Wildman–Crippen MR) is 72.0 cm³/mol. The van der Waals surface area contributed by atoms with Gasteiger partial charge in [-0.3, -0.25) is 20.0 Å². The van der Waals surface area contributed by atoms with Crippen molar-refractivity contribution in [3.8, 4) is 0 Å². The molecule has 0 aliphatic rings. The number of para-hydroxylation sites is 1. The average molecular weight is 275 g/mol. The van der Waals surface area contributed by atoms with E-state index in [1.54, 1.807) is 19.3 Å². The summed E-state index contributed by atoms with van der Waals surface area (Å²) in [6.45, 7) is 1.77. The van der Waals surface area contributed by atoms with E-state index in [0.29, 0.717) is 0 Å². The number of aromatic amines is 1. The molecule has 0 aliphatic heterocycles. The molecule has 2 rings (SSSR count). The number of hydrogen-bond acceptors (Lipinski definition) is 5. The van der Waals surface area contributed by atoms with Crippen molar-refractivity contribution in [3.63, 3.8) is 0 Å². The second-order valence-electron chi connectivity index (χ2n) is 4.22. The van der Waals surface area contributed by atoms with Gasteiger partial charge in [-0.25, -0.2) is 0 Å². The highest BCUT2D eigenvalue weighted by Crippen LogP contribution is 2.25. The summed E-state index contributed by atoms with van der Waals surface area (Å²) in [4.78, 5) is 22.3. The van der Waals surface area contributed by atoms with Crippen LogP contribution in [0.15, 0.2) is 30.6 Å². The summed E-state index contributed by atoms with van der Waals surface area (Å²) in [6.07, 6.45) is 3.24. The van der Waals surface area contributed by atoms with Crippen molar-refractivity contribution in [1.29, 1.82) is 0 Å². The number of nitro benzene ring substituents is 1. The number of benzene rings is 1. The fourth-order valence-electron chi connectivity index (χ4n) is 1.77. The van der Waals surface area contributed by atoms with E-state index in [9.17, 15) is 14.9 Å². The molecule has 104 valence electrons. The molecule has 0 saturated heterocycles. The first-order valence-corrected chi connectivity index (χ1v) is 5.83. The number of nitrogens with one attached hydrogen (secondary N) is 2. The molecular formula is C12H13N5O3. The number of nitrogen functional groups attached to an aromatic ring is 1. The minimum absolute atomic E-state index is 0.0783. The Labute approximate surface area is 114 Å². The number of amides is 1. The topological polar surface area (TPSA) is 127 Å². The van der Waals surface area contributed by atoms with Gasteiger partial charge in [-0.1, -0.05) is 6.07 Å². The minimum Gasteiger partial charge on any atom is -0.393 e. The molecule has 1 unspecified atom stereocenters. The molecule has 0 saturated carbocycles. The number of anilines is 1. The van der Waals surface area contributed by atoms with Crippen molar-refractivity contribution >= 4 is 17.3 Å². The van der Waals surface area contributed by atoms with Gasteiger partial charge in [-0.05, 0) is 13.0 Å². The Balaban J connectivity index is 2.22. The number of H-pyrrole nitrogens is 1. The maximum atomic E-state index is 12.1. The molecule has 1 aromatic heterocycles. The van der Waals surface area contributed by atoms with Gasteiger partial charge in [0.05, 0.1) is 22.7 Å². The van der Waals surface area contributed by atoms with Crippen LogP contribution in [-0.2, 0) is 0 Å². The van der Waals surface area contributed by atoms with E-state index in [4.69, 9.17) is 5.73 Å². The summed E-state index contributed by atoms with van der Waals surface area (Å²) in [7, 11) is 0. The van der Waals surface area contributed by atoms with Crippen LogP contribution in [0.3, 0.4) is 0 Å². The van der Waals surface area contributed by atoms with Gasteiger partial charge in [0.1, 0.15) is 5.69 Å². The molecule has 8 nitrogen and oxygen atoms in total. The van der Waals surface area contributed by atoms with Gasteiger partial charge in [0.2, 0.25) is 0 Å². The van der Waals surface area contributed by atoms with Gasteiger partial charge in [0, 0.05) is 17.8 Å². The molecule has 1 aromatic carbocycles. The summed E-state index contributed by atoms with van der Waals surface area (Å²) in [6, 6.07) is 3.83. The number of aromatic nitrogens is 2. The lowest BCUT2D eigenvalue weighted by molar-refractivity contribution is -0.383. The maximum absolute atomic E-state index is 12.1. The fourth-order valence-corrected chi connectivity index (χ4v) is 1.77. The first-order valence-electron chi connectivity index (χ1n) is 5.83. The lowest BCUT2D eigenvalue weighted by atomic mass is 10.1. The Morgan fingerprint density at radius 3 is 2.90 bits per heavy atom. The number of carbonyl (C=O) groups excluding carboxylic acids is 1. The molecule has 1 amide bonds. The Morgan fingerprint density at radius 1 is 1.55 bits per heavy atom. The third-order valence-corrected chi connectivity index (χ3v) is 2.89. The molecule has 4 N–H and O–H groups in total. The summed E-state index contributed by atoms with van der Waals surface area (Å²) in [5.41, 5.74) is 6.10. The number of hydrogen-bond donors (Lipinski definition) is 3. The summed E-state index contributed by atoms with van der Waals surface area (Å²) < 4.78 is 0. The Hall–Kier alpha value is -2.90. The van der Waals surface area contributed by atoms with Crippen molar-refractivity contribution in [2.75, 3.05) is 5.73 Å². The zero-order chi connectivity index (χ0) is 14.7. The molecular weight excluding hydrogens is 262 g/mol. The van der Waals surface area contributed by atoms with E-state index in [2.05, 4.69) is 15.5 Å². The quantitative estimate of drug-likeness (QED) is 0.441. The number of carbonyl (C=O) groups is 1. The van der Waals surface area contributed by atoms with Crippen LogP contribution in [0.4, 0.5) is 11.4 Å². The van der Waals surface area contributed by atoms with Crippen LogP contribution in [-0.4, -0.2) is 21.0 Å². The molecule has 1 heterocycles. The molecule has 0 spiro atoms. The van der Waals surface area contributed by atoms with Gasteiger partial charge >= 0.3 is 0 Å². The van der Waals surface area contributed by atoms with Gasteiger partial charge in [0.25, 0.3) is 11.6 Å². The smallest absolute Gasteiger partial charge is 0.292 e. The summed E-state index contributed by atoms with van der Waals surface area (Å²) >= 11 is 0. The Kier molecular flexibility index (Phi) is 3.65. The average Bonchev–Trinajstić information content (AvgIpc) is 2.92. The second kappa shape index (κ2) is 5.39. The molecule has 0 aliphatic carbocycles. The first kappa shape index (κ1) is 13.5. The van der Waals surface area contributed by atoms with E-state index in [0.717, 1.165) is 5.56 Å². The van der Waals surface area contributed by atoms with Crippen LogP contribution < -0.4 is 11.1 Å². The standard InChI is InChI=1S/C12H13N5O3/c1-7(8-5-14-15-6-8)16-12(18)9-3-2-4-10(11(9)13)17(19)20/h2-7H,13H2,1H3,(H,14,15)(H,16,18). The van der Waals surface area contributed by atoms with E-state index < -0.39 is 10.8 Å². The van der Waals surface area contributed by atoms with Crippen molar-refractivity contribution in [1.82, 2.24) is 15.5 Å². The van der Waals surface area contributed by atoms with Crippen molar-refractivity contribution in [3.05, 3.63) is 51.8 Å². The lowest BCUT2D eigenvalue weighted by Gasteiger charge is -2.13. The van der Waals surface area contributed by atoms with Crippen LogP contribution in [0, 0.1) is 10.1 Å².